The standard InChI is InChI=1S/C14H13N5OS/c1-8-7-12(19-14(16-8)21-13(15)18-19)17-11-5-3-10(4-6-11)9(2)20/h3-7H,1-2H3,(H2,15,18). The first-order valence-electron chi connectivity index (χ1n) is 6.32. The van der Waals surface area contributed by atoms with Gasteiger partial charge in [0.25, 0.3) is 0 Å². The molecule has 2 heterocycles. The van der Waals surface area contributed by atoms with Crippen molar-refractivity contribution in [3.8, 4) is 0 Å². The maximum Gasteiger partial charge on any atom is 0.215 e. The van der Waals surface area contributed by atoms with Gasteiger partial charge in [-0.2, -0.15) is 4.52 Å². The summed E-state index contributed by atoms with van der Waals surface area (Å²) in [7, 11) is 0. The Morgan fingerprint density at radius 1 is 1.33 bits per heavy atom. The van der Waals surface area contributed by atoms with Crippen LogP contribution in [0.3, 0.4) is 0 Å². The SMILES string of the molecule is CC(=O)c1ccc(N=c2cc(C)nc3sc(N)nn23)cc1. The van der Waals surface area contributed by atoms with Crippen LogP contribution in [0.4, 0.5) is 10.8 Å². The lowest BCUT2D eigenvalue weighted by molar-refractivity contribution is 0.101. The number of carbonyl (C=O) groups is 1. The largest absolute Gasteiger partial charge is 0.374 e. The average Bonchev–Trinajstić information content (AvgIpc) is 2.79. The van der Waals surface area contributed by atoms with Gasteiger partial charge in [-0.3, -0.25) is 4.79 Å². The van der Waals surface area contributed by atoms with Gasteiger partial charge in [0.05, 0.1) is 5.69 Å². The van der Waals surface area contributed by atoms with E-state index in [9.17, 15) is 4.79 Å². The van der Waals surface area contributed by atoms with E-state index >= 15 is 0 Å². The Morgan fingerprint density at radius 2 is 2.05 bits per heavy atom. The topological polar surface area (TPSA) is 85.6 Å². The number of aromatic nitrogens is 3. The zero-order valence-electron chi connectivity index (χ0n) is 11.6. The summed E-state index contributed by atoms with van der Waals surface area (Å²) in [4.78, 5) is 20.9. The Labute approximate surface area is 124 Å². The van der Waals surface area contributed by atoms with Gasteiger partial charge in [-0.05, 0) is 38.1 Å². The first-order valence-corrected chi connectivity index (χ1v) is 7.13. The molecule has 0 aliphatic rings. The normalized spacial score (nSPS) is 12.0. The van der Waals surface area contributed by atoms with E-state index in [1.54, 1.807) is 28.8 Å². The van der Waals surface area contributed by atoms with Crippen molar-refractivity contribution in [3.63, 3.8) is 0 Å². The molecule has 0 spiro atoms. The predicted molar refractivity (Wildman–Crippen MR) is 81.7 cm³/mol. The molecule has 6 nitrogen and oxygen atoms in total. The van der Waals surface area contributed by atoms with E-state index in [0.29, 0.717) is 21.1 Å². The van der Waals surface area contributed by atoms with Gasteiger partial charge < -0.3 is 5.73 Å². The van der Waals surface area contributed by atoms with Crippen LogP contribution < -0.4 is 11.2 Å². The number of ketones is 1. The molecule has 3 rings (SSSR count). The van der Waals surface area contributed by atoms with Gasteiger partial charge >= 0.3 is 0 Å². The number of aryl methyl sites for hydroxylation is 1. The van der Waals surface area contributed by atoms with Crippen molar-refractivity contribution >= 4 is 32.9 Å². The van der Waals surface area contributed by atoms with Crippen LogP contribution in [0.5, 0.6) is 0 Å². The van der Waals surface area contributed by atoms with Gasteiger partial charge in [0.15, 0.2) is 11.3 Å². The lowest BCUT2D eigenvalue weighted by atomic mass is 10.1. The molecule has 3 aromatic rings. The molecule has 0 atom stereocenters. The number of hydrogen-bond acceptors (Lipinski definition) is 6. The number of hydrogen-bond donors (Lipinski definition) is 1. The van der Waals surface area contributed by atoms with Crippen molar-refractivity contribution in [3.05, 3.63) is 47.1 Å². The number of fused-ring (bicyclic) bond motifs is 1. The molecular weight excluding hydrogens is 286 g/mol. The highest BCUT2D eigenvalue weighted by atomic mass is 32.1. The van der Waals surface area contributed by atoms with E-state index in [-0.39, 0.29) is 5.78 Å². The third-order valence-corrected chi connectivity index (χ3v) is 3.66. The minimum absolute atomic E-state index is 0.0327. The van der Waals surface area contributed by atoms with Crippen molar-refractivity contribution in [1.29, 1.82) is 0 Å². The highest BCUT2D eigenvalue weighted by Crippen LogP contribution is 2.15. The molecule has 0 aliphatic heterocycles. The Bertz CT molecular complexity index is 892. The summed E-state index contributed by atoms with van der Waals surface area (Å²) in [5.74, 6) is 0.0327. The van der Waals surface area contributed by atoms with Crippen molar-refractivity contribution in [1.82, 2.24) is 14.6 Å². The number of Topliss-reactive ketones (excluding diaryl/α,β-unsaturated/α-hetero) is 1. The van der Waals surface area contributed by atoms with Crippen LogP contribution in [0.15, 0.2) is 35.3 Å². The van der Waals surface area contributed by atoms with Gasteiger partial charge in [0.2, 0.25) is 10.1 Å². The summed E-state index contributed by atoms with van der Waals surface area (Å²) < 4.78 is 1.62. The molecule has 0 saturated carbocycles. The van der Waals surface area contributed by atoms with Crippen LogP contribution in [0.2, 0.25) is 0 Å². The van der Waals surface area contributed by atoms with Gasteiger partial charge in [-0.25, -0.2) is 9.98 Å². The van der Waals surface area contributed by atoms with E-state index in [1.807, 2.05) is 13.0 Å². The molecule has 106 valence electrons. The van der Waals surface area contributed by atoms with Crippen LogP contribution in [0, 0.1) is 6.92 Å². The minimum Gasteiger partial charge on any atom is -0.374 e. The Balaban J connectivity index is 2.16. The third kappa shape index (κ3) is 2.68. The lowest BCUT2D eigenvalue weighted by Gasteiger charge is -1.98. The number of rotatable bonds is 2. The third-order valence-electron chi connectivity index (χ3n) is 2.92. The average molecular weight is 299 g/mol. The molecule has 0 saturated heterocycles. The molecule has 21 heavy (non-hydrogen) atoms. The summed E-state index contributed by atoms with van der Waals surface area (Å²) in [5.41, 5.74) is 8.63. The molecule has 0 amide bonds. The van der Waals surface area contributed by atoms with Crippen LogP contribution >= 0.6 is 11.3 Å². The first-order chi connectivity index (χ1) is 10.0. The Kier molecular flexibility index (Phi) is 3.26. The number of benzene rings is 1. The summed E-state index contributed by atoms with van der Waals surface area (Å²) in [6.45, 7) is 3.43. The lowest BCUT2D eigenvalue weighted by Crippen LogP contribution is -2.16. The number of nitrogens with zero attached hydrogens (tertiary/aromatic N) is 4. The zero-order chi connectivity index (χ0) is 15.0. The van der Waals surface area contributed by atoms with Crippen molar-refractivity contribution in [2.45, 2.75) is 13.8 Å². The summed E-state index contributed by atoms with van der Waals surface area (Å²) in [6.07, 6.45) is 0. The smallest absolute Gasteiger partial charge is 0.215 e. The maximum atomic E-state index is 11.3. The van der Waals surface area contributed by atoms with Gasteiger partial charge in [-0.1, -0.05) is 11.3 Å². The van der Waals surface area contributed by atoms with E-state index in [0.717, 1.165) is 11.4 Å². The Morgan fingerprint density at radius 3 is 2.71 bits per heavy atom. The fourth-order valence-corrected chi connectivity index (χ4v) is 2.65. The summed E-state index contributed by atoms with van der Waals surface area (Å²) in [6, 6.07) is 8.95. The maximum absolute atomic E-state index is 11.3. The quantitative estimate of drug-likeness (QED) is 0.734. The number of anilines is 1. The molecule has 0 radical (unpaired) electrons. The molecule has 7 heteroatoms. The van der Waals surface area contributed by atoms with Gasteiger partial charge in [-0.15, -0.1) is 5.10 Å². The molecular formula is C14H13N5OS. The van der Waals surface area contributed by atoms with Crippen LogP contribution in [-0.4, -0.2) is 20.4 Å². The zero-order valence-corrected chi connectivity index (χ0v) is 12.4. The number of nitrogen functional groups attached to an aromatic ring is 1. The molecule has 2 aromatic heterocycles. The second-order valence-corrected chi connectivity index (χ2v) is 5.59. The fraction of sp³-hybridized carbons (Fsp3) is 0.143. The Hall–Kier alpha value is -2.54. The second kappa shape index (κ2) is 5.10. The van der Waals surface area contributed by atoms with Gasteiger partial charge in [0, 0.05) is 17.3 Å². The first kappa shape index (κ1) is 13.4. The molecule has 2 N–H and O–H groups in total. The van der Waals surface area contributed by atoms with E-state index in [1.165, 1.54) is 18.3 Å². The molecule has 0 unspecified atom stereocenters. The molecule has 1 aromatic carbocycles. The summed E-state index contributed by atoms with van der Waals surface area (Å²) in [5, 5.41) is 4.64. The molecule has 0 fully saturated rings. The van der Waals surface area contributed by atoms with Crippen molar-refractivity contribution in [2.24, 2.45) is 4.99 Å². The number of carbonyl (C=O) groups excluding carboxylic acids is 1. The minimum atomic E-state index is 0.0327. The van der Waals surface area contributed by atoms with Crippen LogP contribution in [-0.2, 0) is 0 Å². The van der Waals surface area contributed by atoms with E-state index < -0.39 is 0 Å². The highest BCUT2D eigenvalue weighted by molar-refractivity contribution is 7.20. The van der Waals surface area contributed by atoms with Crippen molar-refractivity contribution in [2.75, 3.05) is 5.73 Å². The van der Waals surface area contributed by atoms with E-state index in [2.05, 4.69) is 15.1 Å². The monoisotopic (exact) mass is 299 g/mol. The van der Waals surface area contributed by atoms with Gasteiger partial charge in [0.1, 0.15) is 0 Å². The molecule has 0 aliphatic carbocycles. The van der Waals surface area contributed by atoms with E-state index in [4.69, 9.17) is 5.73 Å². The second-order valence-electron chi connectivity index (χ2n) is 4.61. The predicted octanol–water partition coefficient (Wildman–Crippen LogP) is 2.12. The van der Waals surface area contributed by atoms with Crippen LogP contribution in [0.25, 0.3) is 4.96 Å². The van der Waals surface area contributed by atoms with Crippen molar-refractivity contribution < 1.29 is 4.79 Å². The molecule has 0 bridgehead atoms. The van der Waals surface area contributed by atoms with Crippen LogP contribution in [0.1, 0.15) is 23.0 Å². The fourth-order valence-electron chi connectivity index (χ4n) is 1.93. The highest BCUT2D eigenvalue weighted by Gasteiger charge is 2.04. The summed E-state index contributed by atoms with van der Waals surface area (Å²) >= 11 is 1.31. The number of nitrogens with two attached hydrogens (primary N) is 1.